The molecule has 1 aliphatic heterocycles. The Hall–Kier alpha value is -1.59. The zero-order valence-corrected chi connectivity index (χ0v) is 15.4. The number of carbonyl (C=O) groups is 1. The highest BCUT2D eigenvalue weighted by Crippen LogP contribution is 2.42. The SMILES string of the molecule is CCO[C@](C)(C(=O)Nc1ccc(OCCN2CCCC2)cc1)C1CC1. The number of nitrogens with one attached hydrogen (secondary N) is 1. The van der Waals surface area contributed by atoms with Gasteiger partial charge in [-0.25, -0.2) is 0 Å². The van der Waals surface area contributed by atoms with E-state index in [0.717, 1.165) is 30.8 Å². The van der Waals surface area contributed by atoms with Crippen molar-refractivity contribution in [2.45, 2.75) is 45.1 Å². The van der Waals surface area contributed by atoms with Crippen molar-refractivity contribution in [2.75, 3.05) is 38.2 Å². The molecule has 0 radical (unpaired) electrons. The first-order chi connectivity index (χ1) is 12.1. The molecule has 2 aliphatic rings. The first-order valence-corrected chi connectivity index (χ1v) is 9.52. The predicted octanol–water partition coefficient (Wildman–Crippen LogP) is 3.30. The molecule has 2 fully saturated rings. The molecule has 138 valence electrons. The van der Waals surface area contributed by atoms with Crippen LogP contribution in [0.3, 0.4) is 0 Å². The van der Waals surface area contributed by atoms with E-state index in [-0.39, 0.29) is 5.91 Å². The molecule has 1 atom stereocenters. The largest absolute Gasteiger partial charge is 0.492 e. The van der Waals surface area contributed by atoms with Crippen LogP contribution in [0.2, 0.25) is 0 Å². The number of ether oxygens (including phenoxy) is 2. The Labute approximate surface area is 150 Å². The third kappa shape index (κ3) is 4.73. The molecule has 0 aromatic heterocycles. The van der Waals surface area contributed by atoms with Gasteiger partial charge in [-0.2, -0.15) is 0 Å². The molecule has 1 saturated heterocycles. The summed E-state index contributed by atoms with van der Waals surface area (Å²) in [6.07, 6.45) is 4.73. The van der Waals surface area contributed by atoms with Crippen molar-refractivity contribution in [3.63, 3.8) is 0 Å². The first-order valence-electron chi connectivity index (χ1n) is 9.52. The minimum absolute atomic E-state index is 0.0560. The number of carbonyl (C=O) groups excluding carboxylic acids is 1. The Morgan fingerprint density at radius 3 is 2.52 bits per heavy atom. The number of amides is 1. The maximum absolute atomic E-state index is 12.6. The minimum atomic E-state index is -0.723. The van der Waals surface area contributed by atoms with E-state index in [2.05, 4.69) is 10.2 Å². The Morgan fingerprint density at radius 1 is 1.24 bits per heavy atom. The Balaban J connectivity index is 1.48. The quantitative estimate of drug-likeness (QED) is 0.745. The van der Waals surface area contributed by atoms with Gasteiger partial charge in [-0.3, -0.25) is 9.69 Å². The van der Waals surface area contributed by atoms with Gasteiger partial charge in [0.05, 0.1) is 0 Å². The van der Waals surface area contributed by atoms with Crippen LogP contribution < -0.4 is 10.1 Å². The molecular formula is C20H30N2O3. The zero-order chi connectivity index (χ0) is 17.7. The summed E-state index contributed by atoms with van der Waals surface area (Å²) < 4.78 is 11.6. The Bertz CT molecular complexity index is 565. The van der Waals surface area contributed by atoms with Crippen molar-refractivity contribution in [1.82, 2.24) is 4.90 Å². The third-order valence-corrected chi connectivity index (χ3v) is 5.24. The molecule has 1 saturated carbocycles. The Kier molecular flexibility index (Phi) is 5.97. The third-order valence-electron chi connectivity index (χ3n) is 5.24. The second kappa shape index (κ2) is 8.19. The topological polar surface area (TPSA) is 50.8 Å². The van der Waals surface area contributed by atoms with Gasteiger partial charge in [-0.1, -0.05) is 0 Å². The van der Waals surface area contributed by atoms with Gasteiger partial charge in [0.15, 0.2) is 0 Å². The van der Waals surface area contributed by atoms with Gasteiger partial charge in [-0.05, 0) is 82.8 Å². The van der Waals surface area contributed by atoms with Gasteiger partial charge in [0.1, 0.15) is 18.0 Å². The summed E-state index contributed by atoms with van der Waals surface area (Å²) in [6, 6.07) is 7.61. The lowest BCUT2D eigenvalue weighted by Gasteiger charge is -2.28. The van der Waals surface area contributed by atoms with Crippen molar-refractivity contribution < 1.29 is 14.3 Å². The number of likely N-dealkylation sites (tertiary alicyclic amines) is 1. The maximum atomic E-state index is 12.6. The van der Waals surface area contributed by atoms with Crippen LogP contribution in [-0.4, -0.2) is 49.3 Å². The molecule has 1 N–H and O–H groups in total. The average Bonchev–Trinajstić information content (AvgIpc) is 3.35. The van der Waals surface area contributed by atoms with E-state index in [9.17, 15) is 4.79 Å². The summed E-state index contributed by atoms with van der Waals surface area (Å²) in [5, 5.41) is 2.99. The predicted molar refractivity (Wildman–Crippen MR) is 99.0 cm³/mol. The fourth-order valence-corrected chi connectivity index (χ4v) is 3.49. The van der Waals surface area contributed by atoms with Crippen molar-refractivity contribution in [1.29, 1.82) is 0 Å². The second-order valence-corrected chi connectivity index (χ2v) is 7.19. The molecular weight excluding hydrogens is 316 g/mol. The maximum Gasteiger partial charge on any atom is 0.256 e. The fraction of sp³-hybridized carbons (Fsp3) is 0.650. The zero-order valence-electron chi connectivity index (χ0n) is 15.4. The fourth-order valence-electron chi connectivity index (χ4n) is 3.49. The molecule has 1 heterocycles. The van der Waals surface area contributed by atoms with Gasteiger partial charge < -0.3 is 14.8 Å². The second-order valence-electron chi connectivity index (χ2n) is 7.19. The summed E-state index contributed by atoms with van der Waals surface area (Å²) in [5.41, 5.74) is 0.0584. The van der Waals surface area contributed by atoms with Crippen molar-refractivity contribution in [3.8, 4) is 5.75 Å². The molecule has 1 aliphatic carbocycles. The molecule has 0 bridgehead atoms. The number of nitrogens with zero attached hydrogens (tertiary/aromatic N) is 1. The minimum Gasteiger partial charge on any atom is -0.492 e. The van der Waals surface area contributed by atoms with Crippen molar-refractivity contribution in [2.24, 2.45) is 5.92 Å². The molecule has 0 spiro atoms. The molecule has 25 heavy (non-hydrogen) atoms. The van der Waals surface area contributed by atoms with E-state index in [1.54, 1.807) is 0 Å². The molecule has 1 aromatic rings. The normalized spacial score (nSPS) is 20.2. The lowest BCUT2D eigenvalue weighted by atomic mass is 9.99. The van der Waals surface area contributed by atoms with E-state index in [1.807, 2.05) is 38.1 Å². The number of rotatable bonds is 9. The standard InChI is InChI=1S/C20H30N2O3/c1-3-25-20(2,16-6-7-16)19(23)21-17-8-10-18(11-9-17)24-15-14-22-12-4-5-13-22/h8-11,16H,3-7,12-15H2,1-2H3,(H,21,23)/t20-/m0/s1. The Morgan fingerprint density at radius 2 is 1.92 bits per heavy atom. The number of anilines is 1. The summed E-state index contributed by atoms with van der Waals surface area (Å²) in [7, 11) is 0. The molecule has 5 heteroatoms. The lowest BCUT2D eigenvalue weighted by Crippen LogP contribution is -2.44. The van der Waals surface area contributed by atoms with Gasteiger partial charge in [-0.15, -0.1) is 0 Å². The monoisotopic (exact) mass is 346 g/mol. The average molecular weight is 346 g/mol. The van der Waals surface area contributed by atoms with Gasteiger partial charge >= 0.3 is 0 Å². The first kappa shape index (κ1) is 18.2. The molecule has 0 unspecified atom stereocenters. The summed E-state index contributed by atoms with van der Waals surface area (Å²) in [5.74, 6) is 1.12. The number of hydrogen-bond acceptors (Lipinski definition) is 4. The summed E-state index contributed by atoms with van der Waals surface area (Å²) in [4.78, 5) is 15.1. The van der Waals surface area contributed by atoms with Gasteiger partial charge in [0.2, 0.25) is 0 Å². The van der Waals surface area contributed by atoms with Crippen LogP contribution in [0.25, 0.3) is 0 Å². The smallest absolute Gasteiger partial charge is 0.256 e. The van der Waals surface area contributed by atoms with E-state index < -0.39 is 5.60 Å². The van der Waals surface area contributed by atoms with Crippen molar-refractivity contribution >= 4 is 11.6 Å². The van der Waals surface area contributed by atoms with Crippen molar-refractivity contribution in [3.05, 3.63) is 24.3 Å². The van der Waals surface area contributed by atoms with E-state index >= 15 is 0 Å². The van der Waals surface area contributed by atoms with Crippen LogP contribution in [0.1, 0.15) is 39.5 Å². The molecule has 1 amide bonds. The van der Waals surface area contributed by atoms with Gasteiger partial charge in [0, 0.05) is 18.8 Å². The van der Waals surface area contributed by atoms with Crippen LogP contribution in [-0.2, 0) is 9.53 Å². The van der Waals surface area contributed by atoms with Crippen LogP contribution >= 0.6 is 0 Å². The molecule has 1 aromatic carbocycles. The highest BCUT2D eigenvalue weighted by atomic mass is 16.5. The van der Waals surface area contributed by atoms with Crippen LogP contribution in [0.4, 0.5) is 5.69 Å². The van der Waals surface area contributed by atoms with E-state index in [0.29, 0.717) is 19.1 Å². The highest BCUT2D eigenvalue weighted by molar-refractivity contribution is 5.97. The number of benzene rings is 1. The van der Waals surface area contributed by atoms with Crippen LogP contribution in [0, 0.1) is 5.92 Å². The van der Waals surface area contributed by atoms with E-state index in [1.165, 1.54) is 25.9 Å². The van der Waals surface area contributed by atoms with Crippen LogP contribution in [0.15, 0.2) is 24.3 Å². The molecule has 3 rings (SSSR count). The van der Waals surface area contributed by atoms with E-state index in [4.69, 9.17) is 9.47 Å². The highest BCUT2D eigenvalue weighted by Gasteiger charge is 2.48. The lowest BCUT2D eigenvalue weighted by molar-refractivity contribution is -0.141. The molecule has 5 nitrogen and oxygen atoms in total. The summed E-state index contributed by atoms with van der Waals surface area (Å²) in [6.45, 7) is 8.44. The summed E-state index contributed by atoms with van der Waals surface area (Å²) >= 11 is 0. The number of hydrogen-bond donors (Lipinski definition) is 1. The van der Waals surface area contributed by atoms with Gasteiger partial charge in [0.25, 0.3) is 5.91 Å². The van der Waals surface area contributed by atoms with Crippen LogP contribution in [0.5, 0.6) is 5.75 Å².